The molecule has 0 unspecified atom stereocenters. The second-order valence-electron chi connectivity index (χ2n) is 2.97. The maximum atomic E-state index is 13.6. The third-order valence-corrected chi connectivity index (χ3v) is 1.98. The highest BCUT2D eigenvalue weighted by molar-refractivity contribution is 5.47. The Kier molecular flexibility index (Phi) is 2.67. The molecule has 3 nitrogen and oxygen atoms in total. The Labute approximate surface area is 87.1 Å². The Balaban J connectivity index is 2.52. The van der Waals surface area contributed by atoms with Gasteiger partial charge in [0.05, 0.1) is 6.61 Å². The van der Waals surface area contributed by atoms with E-state index in [9.17, 15) is 4.39 Å². The summed E-state index contributed by atoms with van der Waals surface area (Å²) in [5.41, 5.74) is 0.351. The Bertz CT molecular complexity index is 440. The molecule has 0 bridgehead atoms. The monoisotopic (exact) mass is 206 g/mol. The van der Waals surface area contributed by atoms with Crippen LogP contribution in [0.15, 0.2) is 36.7 Å². The molecule has 4 heteroatoms. The lowest BCUT2D eigenvalue weighted by Gasteiger charge is -2.10. The molecule has 0 amide bonds. The first-order chi connectivity index (χ1) is 7.33. The van der Waals surface area contributed by atoms with Crippen LogP contribution in [0.3, 0.4) is 0 Å². The van der Waals surface area contributed by atoms with Crippen molar-refractivity contribution in [2.24, 2.45) is 0 Å². The zero-order chi connectivity index (χ0) is 10.7. The largest absolute Gasteiger partial charge is 0.492 e. The minimum Gasteiger partial charge on any atom is -0.492 e. The molecule has 0 aliphatic heterocycles. The molecule has 0 atom stereocenters. The van der Waals surface area contributed by atoms with Gasteiger partial charge in [0, 0.05) is 12.4 Å². The number of hydrogen-bond acceptors (Lipinski definition) is 2. The summed E-state index contributed by atoms with van der Waals surface area (Å²) in [6, 6.07) is 6.47. The van der Waals surface area contributed by atoms with Crippen LogP contribution in [-0.4, -0.2) is 16.4 Å². The van der Waals surface area contributed by atoms with Crippen molar-refractivity contribution in [3.63, 3.8) is 0 Å². The normalized spacial score (nSPS) is 10.3. The van der Waals surface area contributed by atoms with E-state index in [1.807, 2.05) is 6.92 Å². The maximum absolute atomic E-state index is 13.6. The summed E-state index contributed by atoms with van der Waals surface area (Å²) in [5, 5.41) is 3.99. The molecule has 0 fully saturated rings. The molecule has 2 aromatic rings. The highest BCUT2D eigenvalue weighted by Gasteiger charge is 2.11. The Morgan fingerprint density at radius 2 is 2.27 bits per heavy atom. The van der Waals surface area contributed by atoms with Crippen LogP contribution in [0.25, 0.3) is 5.69 Å². The van der Waals surface area contributed by atoms with Gasteiger partial charge in [-0.3, -0.25) is 0 Å². The fraction of sp³-hybridized carbons (Fsp3) is 0.182. The summed E-state index contributed by atoms with van der Waals surface area (Å²) >= 11 is 0. The zero-order valence-electron chi connectivity index (χ0n) is 8.35. The second kappa shape index (κ2) is 4.13. The fourth-order valence-electron chi connectivity index (χ4n) is 1.39. The van der Waals surface area contributed by atoms with Gasteiger partial charge >= 0.3 is 0 Å². The van der Waals surface area contributed by atoms with E-state index < -0.39 is 0 Å². The van der Waals surface area contributed by atoms with Crippen LogP contribution in [0.5, 0.6) is 5.75 Å². The van der Waals surface area contributed by atoms with Crippen LogP contribution in [-0.2, 0) is 0 Å². The van der Waals surface area contributed by atoms with Crippen molar-refractivity contribution in [3.05, 3.63) is 42.5 Å². The smallest absolute Gasteiger partial charge is 0.152 e. The van der Waals surface area contributed by atoms with E-state index in [0.29, 0.717) is 18.0 Å². The molecule has 1 heterocycles. The van der Waals surface area contributed by atoms with Crippen molar-refractivity contribution in [3.8, 4) is 11.4 Å². The van der Waals surface area contributed by atoms with E-state index in [1.165, 1.54) is 10.7 Å². The number of ether oxygens (including phenoxy) is 1. The predicted molar refractivity (Wildman–Crippen MR) is 54.7 cm³/mol. The number of hydrogen-bond donors (Lipinski definition) is 0. The predicted octanol–water partition coefficient (Wildman–Crippen LogP) is 2.41. The number of para-hydroxylation sites is 1. The number of rotatable bonds is 3. The Morgan fingerprint density at radius 3 is 2.93 bits per heavy atom. The second-order valence-corrected chi connectivity index (χ2v) is 2.97. The van der Waals surface area contributed by atoms with E-state index in [1.54, 1.807) is 30.6 Å². The van der Waals surface area contributed by atoms with Gasteiger partial charge in [-0.15, -0.1) is 0 Å². The highest BCUT2D eigenvalue weighted by atomic mass is 19.1. The lowest BCUT2D eigenvalue weighted by Crippen LogP contribution is -2.03. The summed E-state index contributed by atoms with van der Waals surface area (Å²) in [6.07, 6.45) is 3.28. The van der Waals surface area contributed by atoms with E-state index in [0.717, 1.165) is 0 Å². The van der Waals surface area contributed by atoms with Gasteiger partial charge in [0.1, 0.15) is 11.4 Å². The number of aromatic nitrogens is 2. The summed E-state index contributed by atoms with van der Waals surface area (Å²) in [5.74, 6) is 0.158. The summed E-state index contributed by atoms with van der Waals surface area (Å²) in [4.78, 5) is 0. The van der Waals surface area contributed by atoms with Crippen molar-refractivity contribution in [1.29, 1.82) is 0 Å². The van der Waals surface area contributed by atoms with E-state index in [-0.39, 0.29) is 5.82 Å². The third-order valence-electron chi connectivity index (χ3n) is 1.98. The first kappa shape index (κ1) is 9.71. The van der Waals surface area contributed by atoms with Crippen LogP contribution in [0, 0.1) is 5.82 Å². The van der Waals surface area contributed by atoms with Crippen molar-refractivity contribution >= 4 is 0 Å². The third kappa shape index (κ3) is 1.83. The Hall–Kier alpha value is -1.84. The molecule has 78 valence electrons. The van der Waals surface area contributed by atoms with Crippen molar-refractivity contribution < 1.29 is 9.13 Å². The fourth-order valence-corrected chi connectivity index (χ4v) is 1.39. The summed E-state index contributed by atoms with van der Waals surface area (Å²) in [7, 11) is 0. The summed E-state index contributed by atoms with van der Waals surface area (Å²) in [6.45, 7) is 2.36. The molecule has 0 saturated heterocycles. The molecule has 15 heavy (non-hydrogen) atoms. The van der Waals surface area contributed by atoms with Crippen LogP contribution >= 0.6 is 0 Å². The van der Waals surface area contributed by atoms with Crippen molar-refractivity contribution in [2.75, 3.05) is 6.61 Å². The van der Waals surface area contributed by atoms with E-state index in [2.05, 4.69) is 5.10 Å². The first-order valence-electron chi connectivity index (χ1n) is 4.74. The minimum atomic E-state index is -0.343. The quantitative estimate of drug-likeness (QED) is 0.771. The lowest BCUT2D eigenvalue weighted by atomic mass is 10.3. The van der Waals surface area contributed by atoms with E-state index >= 15 is 0 Å². The molecule has 0 aliphatic carbocycles. The van der Waals surface area contributed by atoms with Gasteiger partial charge in [0.25, 0.3) is 0 Å². The van der Waals surface area contributed by atoms with Gasteiger partial charge in [0.15, 0.2) is 5.82 Å². The van der Waals surface area contributed by atoms with Crippen molar-refractivity contribution in [2.45, 2.75) is 6.92 Å². The van der Waals surface area contributed by atoms with E-state index in [4.69, 9.17) is 4.74 Å². The first-order valence-corrected chi connectivity index (χ1v) is 4.74. The maximum Gasteiger partial charge on any atom is 0.152 e. The zero-order valence-corrected chi connectivity index (χ0v) is 8.35. The number of halogens is 1. The highest BCUT2D eigenvalue weighted by Crippen LogP contribution is 2.24. The van der Waals surface area contributed by atoms with Gasteiger partial charge in [-0.05, 0) is 25.1 Å². The molecule has 0 aliphatic rings. The molecule has 0 radical (unpaired) electrons. The molecule has 0 spiro atoms. The van der Waals surface area contributed by atoms with Gasteiger partial charge in [-0.2, -0.15) is 5.10 Å². The van der Waals surface area contributed by atoms with Gasteiger partial charge in [0.2, 0.25) is 0 Å². The Morgan fingerprint density at radius 1 is 1.40 bits per heavy atom. The minimum absolute atomic E-state index is 0.343. The molecular formula is C11H11FN2O. The molecule has 0 N–H and O–H groups in total. The average Bonchev–Trinajstić information content (AvgIpc) is 2.71. The average molecular weight is 206 g/mol. The topological polar surface area (TPSA) is 27.1 Å². The molecule has 0 saturated carbocycles. The SMILES string of the molecule is CCOc1cccc(F)c1-n1cccn1. The number of nitrogens with zero attached hydrogens (tertiary/aromatic N) is 2. The lowest BCUT2D eigenvalue weighted by molar-refractivity contribution is 0.336. The van der Waals surface area contributed by atoms with Crippen molar-refractivity contribution in [1.82, 2.24) is 9.78 Å². The molecule has 2 rings (SSSR count). The van der Waals surface area contributed by atoms with Gasteiger partial charge in [-0.1, -0.05) is 6.07 Å². The van der Waals surface area contributed by atoms with Crippen LogP contribution < -0.4 is 4.74 Å². The molecular weight excluding hydrogens is 195 g/mol. The summed E-state index contributed by atoms with van der Waals surface area (Å²) < 4.78 is 20.4. The van der Waals surface area contributed by atoms with Gasteiger partial charge in [-0.25, -0.2) is 9.07 Å². The van der Waals surface area contributed by atoms with Crippen LogP contribution in [0.4, 0.5) is 4.39 Å². The number of benzene rings is 1. The standard InChI is InChI=1S/C11H11FN2O/c1-2-15-10-6-3-5-9(12)11(10)14-8-4-7-13-14/h3-8H,2H2,1H3. The molecule has 1 aromatic heterocycles. The van der Waals surface area contributed by atoms with Gasteiger partial charge < -0.3 is 4.74 Å². The molecule has 1 aromatic carbocycles. The van der Waals surface area contributed by atoms with Crippen LogP contribution in [0.1, 0.15) is 6.92 Å². The van der Waals surface area contributed by atoms with Crippen LogP contribution in [0.2, 0.25) is 0 Å².